The molecule has 2 heterocycles. The minimum absolute atomic E-state index is 0.101. The Morgan fingerprint density at radius 2 is 1.52 bits per heavy atom. The molecule has 11 heteroatoms. The van der Waals surface area contributed by atoms with Crippen molar-refractivity contribution in [2.75, 3.05) is 21.2 Å². The minimum atomic E-state index is -1.93. The van der Waals surface area contributed by atoms with Gasteiger partial charge in [-0.25, -0.2) is 0 Å². The molecule has 1 aliphatic carbocycles. The first-order valence-corrected chi connectivity index (χ1v) is 16.3. The highest BCUT2D eigenvalue weighted by atomic mass is 16.7. The molecule has 1 saturated carbocycles. The van der Waals surface area contributed by atoms with E-state index in [9.17, 15) is 29.7 Å². The second kappa shape index (κ2) is 14.5. The number of carbonyl (C=O) groups is 3. The van der Waals surface area contributed by atoms with Crippen molar-refractivity contribution in [2.24, 2.45) is 29.6 Å². The van der Waals surface area contributed by atoms with Crippen molar-refractivity contribution in [2.45, 2.75) is 141 Å². The zero-order valence-corrected chi connectivity index (χ0v) is 28.3. The van der Waals surface area contributed by atoms with Gasteiger partial charge in [0.25, 0.3) is 0 Å². The number of hydrogen-bond donors (Lipinski definition) is 3. The van der Waals surface area contributed by atoms with E-state index >= 15 is 0 Å². The second-order valence-corrected chi connectivity index (χ2v) is 14.4. The van der Waals surface area contributed by atoms with Crippen LogP contribution in [0.2, 0.25) is 0 Å². The van der Waals surface area contributed by atoms with E-state index in [1.807, 2.05) is 25.9 Å². The Balaban J connectivity index is 2.08. The average Bonchev–Trinajstić information content (AvgIpc) is 3.51. The lowest BCUT2D eigenvalue weighted by molar-refractivity contribution is -0.295. The van der Waals surface area contributed by atoms with Crippen LogP contribution in [-0.2, 0) is 33.3 Å². The SMILES string of the molecule is CO[C@@]1(C)C[C@@H](C)C(=O)[C@@H](C)[C@@H](O)[C@](C)(O)C(C2CCCC2)OC(=O)[C@H](C)C(=O)[C@H](C)[C@H]1OC1O[C@H](C)C[C@H](N(C)C)[C@H]1O. The van der Waals surface area contributed by atoms with E-state index in [2.05, 4.69) is 0 Å². The number of rotatable bonds is 5. The zero-order chi connectivity index (χ0) is 33.3. The molecule has 0 aromatic heterocycles. The van der Waals surface area contributed by atoms with Crippen molar-refractivity contribution in [3.63, 3.8) is 0 Å². The van der Waals surface area contributed by atoms with Crippen LogP contribution in [0.4, 0.5) is 0 Å². The van der Waals surface area contributed by atoms with Crippen molar-refractivity contribution < 1.29 is 48.7 Å². The predicted octanol–water partition coefficient (Wildman–Crippen LogP) is 2.50. The number of nitrogens with zero attached hydrogens (tertiary/aromatic N) is 1. The van der Waals surface area contributed by atoms with Gasteiger partial charge in [0.2, 0.25) is 0 Å². The van der Waals surface area contributed by atoms with Crippen molar-refractivity contribution in [3.05, 3.63) is 0 Å². The third-order valence-electron chi connectivity index (χ3n) is 10.7. The lowest BCUT2D eigenvalue weighted by Crippen LogP contribution is -2.60. The molecule has 3 aliphatic rings. The number of aliphatic hydroxyl groups excluding tert-OH is 2. The highest BCUT2D eigenvalue weighted by Crippen LogP contribution is 2.41. The van der Waals surface area contributed by atoms with E-state index in [4.69, 9.17) is 18.9 Å². The van der Waals surface area contributed by atoms with Crippen LogP contribution < -0.4 is 0 Å². The average molecular weight is 628 g/mol. The van der Waals surface area contributed by atoms with Crippen LogP contribution in [0.15, 0.2) is 0 Å². The molecule has 0 amide bonds. The highest BCUT2D eigenvalue weighted by molar-refractivity contribution is 6.00. The van der Waals surface area contributed by atoms with Gasteiger partial charge in [0, 0.05) is 30.9 Å². The third kappa shape index (κ3) is 7.56. The summed E-state index contributed by atoms with van der Waals surface area (Å²) in [5.41, 5.74) is -3.18. The molecule has 2 unspecified atom stereocenters. The summed E-state index contributed by atoms with van der Waals surface area (Å²) in [5.74, 6) is -5.65. The summed E-state index contributed by atoms with van der Waals surface area (Å²) in [6.45, 7) is 11.4. The number of carbonyl (C=O) groups excluding carboxylic acids is 3. The summed E-state index contributed by atoms with van der Waals surface area (Å²) in [7, 11) is 5.19. The Morgan fingerprint density at radius 3 is 2.07 bits per heavy atom. The van der Waals surface area contributed by atoms with E-state index in [1.165, 1.54) is 21.0 Å². The van der Waals surface area contributed by atoms with E-state index in [0.717, 1.165) is 12.8 Å². The standard InChI is InChI=1S/C33H57NO10/c1-17-16-32(6,41-10)28(44-31-26(37)23(34(8)9)15-18(2)42-31)20(4)25(36)21(5)30(39)43-29(22-13-11-12-14-22)33(7,40)27(38)19(3)24(17)35/h17-23,26-29,31,37-38,40H,11-16H2,1-10H3/t17-,18-,19-,20+,21-,23+,26-,27-,28-,29?,31?,32+,33+/m1/s1. The molecule has 3 fully saturated rings. The number of likely N-dealkylation sites (N-methyl/N-ethyl adjacent to an activating group) is 1. The number of Topliss-reactive ketones (excluding diaryl/α,β-unsaturated/α-hetero) is 2. The van der Waals surface area contributed by atoms with Crippen molar-refractivity contribution >= 4 is 17.5 Å². The molecule has 11 nitrogen and oxygen atoms in total. The van der Waals surface area contributed by atoms with E-state index in [1.54, 1.807) is 27.7 Å². The van der Waals surface area contributed by atoms with Crippen LogP contribution in [-0.4, -0.2) is 113 Å². The largest absolute Gasteiger partial charge is 0.458 e. The molecular formula is C33H57NO10. The number of cyclic esters (lactones) is 1. The number of ether oxygens (including phenoxy) is 4. The van der Waals surface area contributed by atoms with Gasteiger partial charge >= 0.3 is 5.97 Å². The molecule has 3 N–H and O–H groups in total. The van der Waals surface area contributed by atoms with Crippen LogP contribution in [0.5, 0.6) is 0 Å². The molecule has 3 rings (SSSR count). The molecule has 0 aromatic rings. The van der Waals surface area contributed by atoms with Gasteiger partial charge in [-0.15, -0.1) is 0 Å². The molecule has 2 aliphatic heterocycles. The molecule has 0 bridgehead atoms. The zero-order valence-electron chi connectivity index (χ0n) is 28.3. The van der Waals surface area contributed by atoms with Crippen LogP contribution >= 0.6 is 0 Å². The Bertz CT molecular complexity index is 1010. The molecule has 13 atom stereocenters. The maximum Gasteiger partial charge on any atom is 0.316 e. The Morgan fingerprint density at radius 1 is 0.932 bits per heavy atom. The van der Waals surface area contributed by atoms with Gasteiger partial charge in [-0.1, -0.05) is 33.6 Å². The maximum atomic E-state index is 14.0. The van der Waals surface area contributed by atoms with E-state index < -0.39 is 77.3 Å². The fourth-order valence-corrected chi connectivity index (χ4v) is 7.73. The fourth-order valence-electron chi connectivity index (χ4n) is 7.73. The first kappa shape index (κ1) is 37.0. The fraction of sp³-hybridized carbons (Fsp3) is 0.909. The second-order valence-electron chi connectivity index (χ2n) is 14.4. The Kier molecular flexibility index (Phi) is 12.2. The van der Waals surface area contributed by atoms with Crippen molar-refractivity contribution in [3.8, 4) is 0 Å². The summed E-state index contributed by atoms with van der Waals surface area (Å²) in [5, 5.41) is 34.4. The lowest BCUT2D eigenvalue weighted by atomic mass is 9.73. The quantitative estimate of drug-likeness (QED) is 0.305. The Hall–Kier alpha value is -1.47. The summed E-state index contributed by atoms with van der Waals surface area (Å²) >= 11 is 0. The lowest BCUT2D eigenvalue weighted by Gasteiger charge is -2.47. The van der Waals surface area contributed by atoms with Crippen LogP contribution in [0.1, 0.15) is 87.0 Å². The van der Waals surface area contributed by atoms with E-state index in [0.29, 0.717) is 19.3 Å². The number of methoxy groups -OCH3 is 1. The minimum Gasteiger partial charge on any atom is -0.458 e. The number of aliphatic hydroxyl groups is 3. The van der Waals surface area contributed by atoms with Crippen LogP contribution in [0.25, 0.3) is 0 Å². The van der Waals surface area contributed by atoms with Crippen molar-refractivity contribution in [1.82, 2.24) is 4.90 Å². The molecular weight excluding hydrogens is 570 g/mol. The number of esters is 1. The maximum absolute atomic E-state index is 14.0. The summed E-state index contributed by atoms with van der Waals surface area (Å²) in [6, 6.07) is -0.265. The smallest absolute Gasteiger partial charge is 0.316 e. The van der Waals surface area contributed by atoms with Crippen LogP contribution in [0.3, 0.4) is 0 Å². The molecule has 0 spiro atoms. The van der Waals surface area contributed by atoms with E-state index in [-0.39, 0.29) is 30.3 Å². The predicted molar refractivity (Wildman–Crippen MR) is 162 cm³/mol. The van der Waals surface area contributed by atoms with Gasteiger partial charge in [-0.2, -0.15) is 0 Å². The van der Waals surface area contributed by atoms with Gasteiger partial charge in [0.15, 0.2) is 12.1 Å². The van der Waals surface area contributed by atoms with Gasteiger partial charge in [-0.05, 0) is 73.4 Å². The summed E-state index contributed by atoms with van der Waals surface area (Å²) < 4.78 is 24.5. The number of ketones is 2. The normalized spacial score (nSPS) is 45.8. The van der Waals surface area contributed by atoms with Gasteiger partial charge in [-0.3, -0.25) is 14.4 Å². The topological polar surface area (TPSA) is 152 Å². The third-order valence-corrected chi connectivity index (χ3v) is 10.7. The summed E-state index contributed by atoms with van der Waals surface area (Å²) in [6.07, 6.45) is -2.21. The van der Waals surface area contributed by atoms with Crippen LogP contribution in [0, 0.1) is 29.6 Å². The Labute approximate surface area is 262 Å². The molecule has 0 aromatic carbocycles. The molecule has 254 valence electrons. The molecule has 44 heavy (non-hydrogen) atoms. The van der Waals surface area contributed by atoms with Gasteiger partial charge < -0.3 is 39.2 Å². The highest BCUT2D eigenvalue weighted by Gasteiger charge is 2.53. The molecule has 0 radical (unpaired) electrons. The molecule has 2 saturated heterocycles. The van der Waals surface area contributed by atoms with Gasteiger partial charge in [0.05, 0.1) is 23.9 Å². The van der Waals surface area contributed by atoms with Crippen molar-refractivity contribution in [1.29, 1.82) is 0 Å². The first-order valence-electron chi connectivity index (χ1n) is 16.3. The van der Waals surface area contributed by atoms with Gasteiger partial charge in [0.1, 0.15) is 29.5 Å². The monoisotopic (exact) mass is 627 g/mol. The first-order chi connectivity index (χ1) is 20.4. The number of hydrogen-bond acceptors (Lipinski definition) is 11. The summed E-state index contributed by atoms with van der Waals surface area (Å²) in [4.78, 5) is 43.3.